The third-order valence-corrected chi connectivity index (χ3v) is 5.18. The van der Waals surface area contributed by atoms with Gasteiger partial charge in [0, 0.05) is 11.4 Å². The van der Waals surface area contributed by atoms with Crippen LogP contribution in [0.1, 0.15) is 23.2 Å². The Balaban J connectivity index is 1.50. The van der Waals surface area contributed by atoms with Crippen molar-refractivity contribution in [2.45, 2.75) is 12.8 Å². The number of hydrogen-bond acceptors (Lipinski definition) is 6. The van der Waals surface area contributed by atoms with Crippen molar-refractivity contribution in [1.82, 2.24) is 0 Å². The van der Waals surface area contributed by atoms with Gasteiger partial charge < -0.3 is 25.2 Å². The highest BCUT2D eigenvalue weighted by molar-refractivity contribution is 5.97. The van der Waals surface area contributed by atoms with Crippen LogP contribution in [0.25, 0.3) is 0 Å². The molecule has 2 aromatic carbocycles. The number of carboxylic acid groups (broad SMARTS) is 1. The normalized spacial score (nSPS) is 17.0. The van der Waals surface area contributed by atoms with Crippen LogP contribution < -0.4 is 15.4 Å². The highest BCUT2D eigenvalue weighted by Crippen LogP contribution is 2.27. The van der Waals surface area contributed by atoms with Crippen LogP contribution >= 0.6 is 0 Å². The first-order chi connectivity index (χ1) is 15.9. The Bertz CT molecular complexity index is 1050. The van der Waals surface area contributed by atoms with Gasteiger partial charge in [0.2, 0.25) is 5.91 Å². The molecule has 3 N–H and O–H groups in total. The summed E-state index contributed by atoms with van der Waals surface area (Å²) in [5.41, 5.74) is 1.16. The Hall–Kier alpha value is -4.14. The molecule has 0 bridgehead atoms. The summed E-state index contributed by atoms with van der Waals surface area (Å²) in [6.45, 7) is -0.463. The van der Waals surface area contributed by atoms with Gasteiger partial charge in [0.05, 0.1) is 24.5 Å². The summed E-state index contributed by atoms with van der Waals surface area (Å²) in [6, 6.07) is 12.6. The fourth-order valence-corrected chi connectivity index (χ4v) is 3.39. The van der Waals surface area contributed by atoms with E-state index in [0.717, 1.165) is 0 Å². The lowest BCUT2D eigenvalue weighted by Crippen LogP contribution is -2.34. The smallest absolute Gasteiger partial charge is 0.338 e. The maximum absolute atomic E-state index is 12.5. The van der Waals surface area contributed by atoms with E-state index < -0.39 is 42.2 Å². The molecule has 0 unspecified atom stereocenters. The van der Waals surface area contributed by atoms with Gasteiger partial charge in [0.1, 0.15) is 5.75 Å². The third-order valence-electron chi connectivity index (χ3n) is 5.18. The van der Waals surface area contributed by atoms with E-state index in [9.17, 15) is 24.3 Å². The topological polar surface area (TPSA) is 131 Å². The molecule has 9 heteroatoms. The molecule has 3 rings (SSSR count). The molecule has 0 radical (unpaired) electrons. The van der Waals surface area contributed by atoms with Crippen LogP contribution in [0.15, 0.2) is 60.7 Å². The summed E-state index contributed by atoms with van der Waals surface area (Å²) < 4.78 is 10.1. The lowest BCUT2D eigenvalue weighted by atomic mass is 9.82. The van der Waals surface area contributed by atoms with Gasteiger partial charge in [-0.25, -0.2) is 4.79 Å². The average molecular weight is 452 g/mol. The Morgan fingerprint density at radius 3 is 2.06 bits per heavy atom. The number of carbonyl (C=O) groups is 4. The number of benzene rings is 2. The Kier molecular flexibility index (Phi) is 7.80. The SMILES string of the molecule is COc1ccc(NC(=O)COC(=O)c2ccc(NC(=O)[C@@H]3CC=CC[C@@H]3C(=O)O)cc2)cc1. The molecule has 0 aromatic heterocycles. The van der Waals surface area contributed by atoms with E-state index in [1.807, 2.05) is 0 Å². The van der Waals surface area contributed by atoms with Gasteiger partial charge in [-0.2, -0.15) is 0 Å². The predicted octanol–water partition coefficient (Wildman–Crippen LogP) is 3.10. The van der Waals surface area contributed by atoms with E-state index in [0.29, 0.717) is 30.0 Å². The molecular formula is C24H24N2O7. The lowest BCUT2D eigenvalue weighted by Gasteiger charge is -2.24. The second-order valence-electron chi connectivity index (χ2n) is 7.41. The van der Waals surface area contributed by atoms with Crippen LogP contribution in [0.4, 0.5) is 11.4 Å². The standard InChI is InChI=1S/C24H24N2O7/c1-32-18-12-10-16(11-13-18)25-21(27)14-33-24(31)15-6-8-17(9-7-15)26-22(28)19-4-2-3-5-20(19)23(29)30/h2-3,6-13,19-20H,4-5,14H2,1H3,(H,25,27)(H,26,28)(H,29,30)/t19-,20+/m1/s1. The molecule has 0 fully saturated rings. The van der Waals surface area contributed by atoms with Gasteiger partial charge in [-0.3, -0.25) is 14.4 Å². The predicted molar refractivity (Wildman–Crippen MR) is 120 cm³/mol. The lowest BCUT2D eigenvalue weighted by molar-refractivity contribution is -0.146. The summed E-state index contributed by atoms with van der Waals surface area (Å²) >= 11 is 0. The fraction of sp³-hybridized carbons (Fsp3) is 0.250. The number of allylic oxidation sites excluding steroid dienone is 2. The van der Waals surface area contributed by atoms with E-state index in [2.05, 4.69) is 10.6 Å². The number of methoxy groups -OCH3 is 1. The molecule has 9 nitrogen and oxygen atoms in total. The van der Waals surface area contributed by atoms with Gasteiger partial charge in [0.25, 0.3) is 5.91 Å². The molecule has 33 heavy (non-hydrogen) atoms. The van der Waals surface area contributed by atoms with Crippen molar-refractivity contribution in [3.63, 3.8) is 0 Å². The molecule has 2 aromatic rings. The molecule has 2 atom stereocenters. The van der Waals surface area contributed by atoms with E-state index in [1.54, 1.807) is 36.4 Å². The number of carboxylic acids is 1. The quantitative estimate of drug-likeness (QED) is 0.414. The molecule has 0 saturated carbocycles. The van der Waals surface area contributed by atoms with Crippen LogP contribution in [0.3, 0.4) is 0 Å². The molecule has 0 spiro atoms. The monoisotopic (exact) mass is 452 g/mol. The summed E-state index contributed by atoms with van der Waals surface area (Å²) in [5.74, 6) is -3.37. The number of rotatable bonds is 8. The van der Waals surface area contributed by atoms with Crippen molar-refractivity contribution in [1.29, 1.82) is 0 Å². The molecule has 172 valence electrons. The first-order valence-corrected chi connectivity index (χ1v) is 10.3. The molecule has 1 aliphatic carbocycles. The van der Waals surface area contributed by atoms with E-state index in [4.69, 9.17) is 9.47 Å². The second-order valence-corrected chi connectivity index (χ2v) is 7.41. The van der Waals surface area contributed by atoms with Crippen molar-refractivity contribution < 1.29 is 33.8 Å². The van der Waals surface area contributed by atoms with Gasteiger partial charge in [-0.05, 0) is 61.4 Å². The molecule has 1 aliphatic rings. The van der Waals surface area contributed by atoms with Gasteiger partial charge in [0.15, 0.2) is 6.61 Å². The molecule has 2 amide bonds. The van der Waals surface area contributed by atoms with Crippen molar-refractivity contribution in [3.8, 4) is 5.75 Å². The van der Waals surface area contributed by atoms with Crippen LogP contribution in [0, 0.1) is 11.8 Å². The van der Waals surface area contributed by atoms with Crippen LogP contribution in [-0.2, 0) is 19.1 Å². The van der Waals surface area contributed by atoms with Crippen molar-refractivity contribution in [3.05, 3.63) is 66.2 Å². The van der Waals surface area contributed by atoms with Crippen LogP contribution in [0.5, 0.6) is 5.75 Å². The first-order valence-electron chi connectivity index (χ1n) is 10.3. The number of ether oxygens (including phenoxy) is 2. The number of hydrogen-bond donors (Lipinski definition) is 3. The van der Waals surface area contributed by atoms with Gasteiger partial charge in [-0.15, -0.1) is 0 Å². The zero-order valence-electron chi connectivity index (χ0n) is 17.9. The van der Waals surface area contributed by atoms with E-state index >= 15 is 0 Å². The minimum atomic E-state index is -1.01. The van der Waals surface area contributed by atoms with Crippen molar-refractivity contribution >= 4 is 35.1 Å². The number of esters is 1. The molecular weight excluding hydrogens is 428 g/mol. The van der Waals surface area contributed by atoms with Gasteiger partial charge in [-0.1, -0.05) is 12.2 Å². The molecule has 0 heterocycles. The zero-order chi connectivity index (χ0) is 23.8. The summed E-state index contributed by atoms with van der Waals surface area (Å²) in [4.78, 5) is 48.1. The number of anilines is 2. The third kappa shape index (κ3) is 6.42. The van der Waals surface area contributed by atoms with E-state index in [-0.39, 0.29) is 5.56 Å². The van der Waals surface area contributed by atoms with E-state index in [1.165, 1.54) is 31.4 Å². The number of amides is 2. The summed E-state index contributed by atoms with van der Waals surface area (Å²) in [5, 5.41) is 14.6. The maximum Gasteiger partial charge on any atom is 0.338 e. The second kappa shape index (κ2) is 10.9. The minimum absolute atomic E-state index is 0.203. The Labute approximate surface area is 190 Å². The molecule has 0 aliphatic heterocycles. The highest BCUT2D eigenvalue weighted by Gasteiger charge is 2.33. The Morgan fingerprint density at radius 1 is 0.879 bits per heavy atom. The Morgan fingerprint density at radius 2 is 1.45 bits per heavy atom. The fourth-order valence-electron chi connectivity index (χ4n) is 3.39. The van der Waals surface area contributed by atoms with Gasteiger partial charge >= 0.3 is 11.9 Å². The highest BCUT2D eigenvalue weighted by atomic mass is 16.5. The minimum Gasteiger partial charge on any atom is -0.497 e. The number of aliphatic carboxylic acids is 1. The maximum atomic E-state index is 12.5. The first kappa shape index (κ1) is 23.5. The van der Waals surface area contributed by atoms with Crippen LogP contribution in [-0.4, -0.2) is 42.6 Å². The van der Waals surface area contributed by atoms with Crippen LogP contribution in [0.2, 0.25) is 0 Å². The molecule has 0 saturated heterocycles. The largest absolute Gasteiger partial charge is 0.497 e. The average Bonchev–Trinajstić information content (AvgIpc) is 2.83. The summed E-state index contributed by atoms with van der Waals surface area (Å²) in [7, 11) is 1.54. The van der Waals surface area contributed by atoms with Crippen molar-refractivity contribution in [2.24, 2.45) is 11.8 Å². The number of carbonyl (C=O) groups excluding carboxylic acids is 3. The van der Waals surface area contributed by atoms with Crippen molar-refractivity contribution in [2.75, 3.05) is 24.4 Å². The number of nitrogens with one attached hydrogen (secondary N) is 2. The summed E-state index contributed by atoms with van der Waals surface area (Å²) in [6.07, 6.45) is 4.23. The zero-order valence-corrected chi connectivity index (χ0v) is 17.9.